The SMILES string of the molecule is CCN(Cc1ccc(C)cc1)Cc1cc(=O)n2ccccc2n1. The first kappa shape index (κ1) is 15.4. The van der Waals surface area contributed by atoms with Crippen LogP contribution in [0.25, 0.3) is 5.65 Å². The minimum Gasteiger partial charge on any atom is -0.294 e. The van der Waals surface area contributed by atoms with E-state index in [1.54, 1.807) is 16.7 Å². The molecule has 3 rings (SSSR count). The van der Waals surface area contributed by atoms with Crippen molar-refractivity contribution in [3.05, 3.63) is 81.9 Å². The van der Waals surface area contributed by atoms with Crippen LogP contribution in [0.3, 0.4) is 0 Å². The second-order valence-electron chi connectivity index (χ2n) is 5.80. The van der Waals surface area contributed by atoms with Crippen LogP contribution in [0.15, 0.2) is 59.5 Å². The molecule has 0 spiro atoms. The first-order chi connectivity index (χ1) is 11.2. The Bertz CT molecular complexity index is 852. The van der Waals surface area contributed by atoms with E-state index in [2.05, 4.69) is 48.0 Å². The molecule has 4 heteroatoms. The Kier molecular flexibility index (Phi) is 4.53. The molecule has 0 unspecified atom stereocenters. The molecule has 0 saturated carbocycles. The molecule has 23 heavy (non-hydrogen) atoms. The Morgan fingerprint density at radius 1 is 1.09 bits per heavy atom. The van der Waals surface area contributed by atoms with E-state index in [1.807, 2.05) is 18.2 Å². The third-order valence-corrected chi connectivity index (χ3v) is 3.98. The molecule has 3 aromatic rings. The molecule has 0 bridgehead atoms. The molecule has 2 aromatic heterocycles. The first-order valence-electron chi connectivity index (χ1n) is 7.91. The van der Waals surface area contributed by atoms with Crippen molar-refractivity contribution in [2.45, 2.75) is 26.9 Å². The van der Waals surface area contributed by atoms with Crippen molar-refractivity contribution in [1.82, 2.24) is 14.3 Å². The van der Waals surface area contributed by atoms with Gasteiger partial charge in [0.05, 0.1) is 5.69 Å². The highest BCUT2D eigenvalue weighted by atomic mass is 16.1. The number of benzene rings is 1. The number of aromatic nitrogens is 2. The average molecular weight is 307 g/mol. The topological polar surface area (TPSA) is 37.6 Å². The third kappa shape index (κ3) is 3.66. The monoisotopic (exact) mass is 307 g/mol. The zero-order valence-corrected chi connectivity index (χ0v) is 13.6. The fraction of sp³-hybridized carbons (Fsp3) is 0.263. The maximum atomic E-state index is 12.2. The van der Waals surface area contributed by atoms with Gasteiger partial charge in [0.1, 0.15) is 5.65 Å². The highest BCUT2D eigenvalue weighted by Crippen LogP contribution is 2.10. The molecule has 0 aliphatic heterocycles. The standard InChI is InChI=1S/C19H21N3O/c1-3-21(13-16-9-7-15(2)8-10-16)14-17-12-19(23)22-11-5-4-6-18(22)20-17/h4-12H,3,13-14H2,1-2H3. The lowest BCUT2D eigenvalue weighted by Crippen LogP contribution is -2.25. The van der Waals surface area contributed by atoms with E-state index in [0.717, 1.165) is 18.8 Å². The highest BCUT2D eigenvalue weighted by Gasteiger charge is 2.08. The van der Waals surface area contributed by atoms with Gasteiger partial charge in [-0.2, -0.15) is 0 Å². The summed E-state index contributed by atoms with van der Waals surface area (Å²) in [6.07, 6.45) is 1.75. The molecule has 0 amide bonds. The fourth-order valence-electron chi connectivity index (χ4n) is 2.64. The largest absolute Gasteiger partial charge is 0.294 e. The predicted octanol–water partition coefficient (Wildman–Crippen LogP) is 3.03. The van der Waals surface area contributed by atoms with Crippen LogP contribution in [0.2, 0.25) is 0 Å². The molecule has 4 nitrogen and oxygen atoms in total. The maximum absolute atomic E-state index is 12.2. The van der Waals surface area contributed by atoms with Crippen LogP contribution in [0.5, 0.6) is 0 Å². The van der Waals surface area contributed by atoms with E-state index >= 15 is 0 Å². The molecule has 118 valence electrons. The summed E-state index contributed by atoms with van der Waals surface area (Å²) in [4.78, 5) is 19.1. The lowest BCUT2D eigenvalue weighted by molar-refractivity contribution is 0.268. The molecular formula is C19H21N3O. The van der Waals surface area contributed by atoms with E-state index < -0.39 is 0 Å². The number of hydrogen-bond donors (Lipinski definition) is 0. The van der Waals surface area contributed by atoms with Gasteiger partial charge in [-0.25, -0.2) is 4.98 Å². The minimum absolute atomic E-state index is 0.0306. The van der Waals surface area contributed by atoms with Gasteiger partial charge in [-0.15, -0.1) is 0 Å². The zero-order chi connectivity index (χ0) is 16.2. The summed E-state index contributed by atoms with van der Waals surface area (Å²) in [5, 5.41) is 0. The predicted molar refractivity (Wildman–Crippen MR) is 92.4 cm³/mol. The molecule has 0 saturated heterocycles. The van der Waals surface area contributed by atoms with Crippen LogP contribution in [-0.4, -0.2) is 20.8 Å². The van der Waals surface area contributed by atoms with E-state index in [9.17, 15) is 4.79 Å². The second-order valence-corrected chi connectivity index (χ2v) is 5.80. The highest BCUT2D eigenvalue weighted by molar-refractivity contribution is 5.38. The normalized spacial score (nSPS) is 11.3. The molecule has 0 aliphatic rings. The smallest absolute Gasteiger partial charge is 0.258 e. The van der Waals surface area contributed by atoms with Crippen LogP contribution in [0.4, 0.5) is 0 Å². The van der Waals surface area contributed by atoms with Gasteiger partial charge in [0.2, 0.25) is 0 Å². The summed E-state index contributed by atoms with van der Waals surface area (Å²) >= 11 is 0. The summed E-state index contributed by atoms with van der Waals surface area (Å²) in [6, 6.07) is 15.8. The van der Waals surface area contributed by atoms with Crippen LogP contribution < -0.4 is 5.56 Å². The molecule has 2 heterocycles. The molecule has 0 aliphatic carbocycles. The van der Waals surface area contributed by atoms with Crippen LogP contribution >= 0.6 is 0 Å². The summed E-state index contributed by atoms with van der Waals surface area (Å²) in [5.74, 6) is 0. The lowest BCUT2D eigenvalue weighted by Gasteiger charge is -2.20. The number of fused-ring (bicyclic) bond motifs is 1. The average Bonchev–Trinajstić information content (AvgIpc) is 2.56. The Morgan fingerprint density at radius 3 is 2.61 bits per heavy atom. The van der Waals surface area contributed by atoms with Crippen molar-refractivity contribution in [1.29, 1.82) is 0 Å². The third-order valence-electron chi connectivity index (χ3n) is 3.98. The lowest BCUT2D eigenvalue weighted by atomic mass is 10.1. The molecule has 1 aromatic carbocycles. The summed E-state index contributed by atoms with van der Waals surface area (Å²) in [6.45, 7) is 6.65. The van der Waals surface area contributed by atoms with E-state index in [-0.39, 0.29) is 5.56 Å². The van der Waals surface area contributed by atoms with Crippen molar-refractivity contribution in [2.75, 3.05) is 6.54 Å². The second kappa shape index (κ2) is 6.75. The van der Waals surface area contributed by atoms with Gasteiger partial charge >= 0.3 is 0 Å². The molecular weight excluding hydrogens is 286 g/mol. The Balaban J connectivity index is 1.81. The number of nitrogens with zero attached hydrogens (tertiary/aromatic N) is 3. The van der Waals surface area contributed by atoms with Gasteiger partial charge in [0.25, 0.3) is 5.56 Å². The summed E-state index contributed by atoms with van der Waals surface area (Å²) in [7, 11) is 0. The number of rotatable bonds is 5. The fourth-order valence-corrected chi connectivity index (χ4v) is 2.64. The molecule has 0 radical (unpaired) electrons. The molecule has 0 atom stereocenters. The van der Waals surface area contributed by atoms with Gasteiger partial charge in [-0.05, 0) is 31.2 Å². The van der Waals surface area contributed by atoms with Crippen molar-refractivity contribution >= 4 is 5.65 Å². The quantitative estimate of drug-likeness (QED) is 0.727. The Labute approximate surface area is 136 Å². The summed E-state index contributed by atoms with van der Waals surface area (Å²) < 4.78 is 1.57. The van der Waals surface area contributed by atoms with E-state index in [4.69, 9.17) is 0 Å². The van der Waals surface area contributed by atoms with Crippen molar-refractivity contribution in [2.24, 2.45) is 0 Å². The van der Waals surface area contributed by atoms with Gasteiger partial charge in [0.15, 0.2) is 0 Å². The van der Waals surface area contributed by atoms with Crippen LogP contribution in [0.1, 0.15) is 23.7 Å². The summed E-state index contributed by atoms with van der Waals surface area (Å²) in [5.41, 5.74) is 4.02. The molecule has 0 fully saturated rings. The van der Waals surface area contributed by atoms with Crippen LogP contribution in [-0.2, 0) is 13.1 Å². The minimum atomic E-state index is -0.0306. The maximum Gasteiger partial charge on any atom is 0.258 e. The Morgan fingerprint density at radius 2 is 1.87 bits per heavy atom. The van der Waals surface area contributed by atoms with Gasteiger partial charge < -0.3 is 0 Å². The zero-order valence-electron chi connectivity index (χ0n) is 13.6. The van der Waals surface area contributed by atoms with Crippen LogP contribution in [0, 0.1) is 6.92 Å². The van der Waals surface area contributed by atoms with E-state index in [0.29, 0.717) is 12.2 Å². The number of hydrogen-bond acceptors (Lipinski definition) is 3. The van der Waals surface area contributed by atoms with Gasteiger partial charge in [-0.1, -0.05) is 42.8 Å². The Hall–Kier alpha value is -2.46. The number of pyridine rings is 1. The first-order valence-corrected chi connectivity index (χ1v) is 7.91. The van der Waals surface area contributed by atoms with Crippen molar-refractivity contribution in [3.63, 3.8) is 0 Å². The van der Waals surface area contributed by atoms with Crippen molar-refractivity contribution in [3.8, 4) is 0 Å². The molecule has 0 N–H and O–H groups in total. The van der Waals surface area contributed by atoms with E-state index in [1.165, 1.54) is 11.1 Å². The number of aryl methyl sites for hydroxylation is 1. The van der Waals surface area contributed by atoms with Gasteiger partial charge in [-0.3, -0.25) is 14.1 Å². The van der Waals surface area contributed by atoms with Crippen molar-refractivity contribution < 1.29 is 0 Å². The van der Waals surface area contributed by atoms with Gasteiger partial charge in [0, 0.05) is 25.4 Å².